The van der Waals surface area contributed by atoms with Gasteiger partial charge in [-0.15, -0.1) is 0 Å². The summed E-state index contributed by atoms with van der Waals surface area (Å²) < 4.78 is 26.1. The number of carboxylic acids is 1. The summed E-state index contributed by atoms with van der Waals surface area (Å²) in [5, 5.41) is 8.90. The summed E-state index contributed by atoms with van der Waals surface area (Å²) in [5.74, 6) is -1.14. The summed E-state index contributed by atoms with van der Waals surface area (Å²) in [5.41, 5.74) is 1.18. The Morgan fingerprint density at radius 3 is 2.41 bits per heavy atom. The lowest BCUT2D eigenvalue weighted by Crippen LogP contribution is -2.24. The predicted molar refractivity (Wildman–Crippen MR) is 63.7 cm³/mol. The number of aryl methyl sites for hydroxylation is 1. The van der Waals surface area contributed by atoms with Gasteiger partial charge in [0.1, 0.15) is 0 Å². The van der Waals surface area contributed by atoms with Gasteiger partial charge in [0.15, 0.2) is 0 Å². The molecule has 5 nitrogen and oxygen atoms in total. The van der Waals surface area contributed by atoms with Crippen molar-refractivity contribution >= 4 is 16.0 Å². The third-order valence-corrected chi connectivity index (χ3v) is 4.16. The number of hydrogen-bond donors (Lipinski definition) is 2. The summed E-state index contributed by atoms with van der Waals surface area (Å²) in [6, 6.07) is 2.64. The number of nitrogens with one attached hydrogen (secondary N) is 1. The van der Waals surface area contributed by atoms with E-state index in [0.29, 0.717) is 11.1 Å². The summed E-state index contributed by atoms with van der Waals surface area (Å²) >= 11 is 0. The van der Waals surface area contributed by atoms with Crippen molar-refractivity contribution in [3.63, 3.8) is 0 Å². The zero-order chi connectivity index (χ0) is 13.2. The van der Waals surface area contributed by atoms with Crippen LogP contribution in [0.4, 0.5) is 0 Å². The molecule has 0 fully saturated rings. The highest BCUT2D eigenvalue weighted by Crippen LogP contribution is 2.21. The fourth-order valence-electron chi connectivity index (χ4n) is 1.50. The van der Waals surface area contributed by atoms with Crippen LogP contribution in [0.2, 0.25) is 0 Å². The Morgan fingerprint density at radius 2 is 1.94 bits per heavy atom. The fourth-order valence-corrected chi connectivity index (χ4v) is 2.88. The fraction of sp³-hybridized carbons (Fsp3) is 0.364. The molecule has 6 heteroatoms. The normalized spacial score (nSPS) is 11.5. The predicted octanol–water partition coefficient (Wildman–Crippen LogP) is 1.30. The largest absolute Gasteiger partial charge is 0.478 e. The van der Waals surface area contributed by atoms with Gasteiger partial charge in [-0.25, -0.2) is 17.9 Å². The van der Waals surface area contributed by atoms with Crippen LogP contribution >= 0.6 is 0 Å². The average molecular weight is 257 g/mol. The van der Waals surface area contributed by atoms with Crippen molar-refractivity contribution in [2.75, 3.05) is 6.54 Å². The van der Waals surface area contributed by atoms with E-state index in [-0.39, 0.29) is 17.0 Å². The molecule has 0 amide bonds. The van der Waals surface area contributed by atoms with Crippen LogP contribution in [0.3, 0.4) is 0 Å². The number of carboxylic acid groups (broad SMARTS) is 1. The van der Waals surface area contributed by atoms with Gasteiger partial charge in [0, 0.05) is 6.54 Å². The quantitative estimate of drug-likeness (QED) is 0.851. The lowest BCUT2D eigenvalue weighted by atomic mass is 10.1. The van der Waals surface area contributed by atoms with E-state index < -0.39 is 16.0 Å². The Kier molecular flexibility index (Phi) is 3.90. The first-order chi connectivity index (χ1) is 7.79. The highest BCUT2D eigenvalue weighted by atomic mass is 32.2. The molecule has 0 unspecified atom stereocenters. The summed E-state index contributed by atoms with van der Waals surface area (Å²) in [6.07, 6.45) is 0. The SMILES string of the molecule is CCNS(=O)(=O)c1cc(C(=O)O)cc(C)c1C. The maximum atomic E-state index is 11.9. The third kappa shape index (κ3) is 2.83. The summed E-state index contributed by atoms with van der Waals surface area (Å²) in [7, 11) is -3.63. The molecule has 1 rings (SSSR count). The highest BCUT2D eigenvalue weighted by Gasteiger charge is 2.19. The molecule has 0 aromatic heterocycles. The second-order valence-corrected chi connectivity index (χ2v) is 5.46. The molecule has 2 N–H and O–H groups in total. The topological polar surface area (TPSA) is 83.5 Å². The molecular weight excluding hydrogens is 242 g/mol. The van der Waals surface area contributed by atoms with Gasteiger partial charge in [-0.1, -0.05) is 6.92 Å². The number of carbonyl (C=O) groups is 1. The van der Waals surface area contributed by atoms with Crippen LogP contribution in [-0.2, 0) is 10.0 Å². The number of aromatic carboxylic acids is 1. The Morgan fingerprint density at radius 1 is 1.35 bits per heavy atom. The van der Waals surface area contributed by atoms with Crippen molar-refractivity contribution in [3.05, 3.63) is 28.8 Å². The smallest absolute Gasteiger partial charge is 0.335 e. The van der Waals surface area contributed by atoms with Gasteiger partial charge in [-0.3, -0.25) is 0 Å². The van der Waals surface area contributed by atoms with Crippen LogP contribution in [0.1, 0.15) is 28.4 Å². The Bertz CT molecular complexity index is 549. The van der Waals surface area contributed by atoms with Crippen molar-refractivity contribution in [2.24, 2.45) is 0 Å². The monoisotopic (exact) mass is 257 g/mol. The van der Waals surface area contributed by atoms with Crippen LogP contribution in [0, 0.1) is 13.8 Å². The lowest BCUT2D eigenvalue weighted by Gasteiger charge is -2.11. The van der Waals surface area contributed by atoms with Gasteiger partial charge in [-0.05, 0) is 37.1 Å². The van der Waals surface area contributed by atoms with E-state index in [0.717, 1.165) is 0 Å². The molecular formula is C11H15NO4S. The molecule has 0 aliphatic heterocycles. The van der Waals surface area contributed by atoms with Crippen LogP contribution in [0.25, 0.3) is 0 Å². The van der Waals surface area contributed by atoms with Crippen molar-refractivity contribution in [1.82, 2.24) is 4.72 Å². The molecule has 0 heterocycles. The van der Waals surface area contributed by atoms with Crippen LogP contribution in [0.5, 0.6) is 0 Å². The molecule has 0 aliphatic rings. The molecule has 0 saturated carbocycles. The molecule has 17 heavy (non-hydrogen) atoms. The minimum atomic E-state index is -3.63. The second kappa shape index (κ2) is 4.85. The van der Waals surface area contributed by atoms with E-state index in [2.05, 4.69) is 4.72 Å². The summed E-state index contributed by atoms with van der Waals surface area (Å²) in [6.45, 7) is 5.27. The lowest BCUT2D eigenvalue weighted by molar-refractivity contribution is 0.0696. The van der Waals surface area contributed by atoms with E-state index in [1.807, 2.05) is 0 Å². The number of sulfonamides is 1. The minimum Gasteiger partial charge on any atom is -0.478 e. The Balaban J connectivity index is 3.48. The zero-order valence-electron chi connectivity index (χ0n) is 9.94. The second-order valence-electron chi connectivity index (χ2n) is 3.72. The Hall–Kier alpha value is -1.40. The van der Waals surface area contributed by atoms with Gasteiger partial charge >= 0.3 is 5.97 Å². The molecule has 94 valence electrons. The van der Waals surface area contributed by atoms with Gasteiger partial charge in [0.05, 0.1) is 10.5 Å². The van der Waals surface area contributed by atoms with E-state index in [1.54, 1.807) is 20.8 Å². The molecule has 0 radical (unpaired) electrons. The highest BCUT2D eigenvalue weighted by molar-refractivity contribution is 7.89. The van der Waals surface area contributed by atoms with Crippen molar-refractivity contribution in [2.45, 2.75) is 25.7 Å². The molecule has 1 aromatic carbocycles. The standard InChI is InChI=1S/C11H15NO4S/c1-4-12-17(15,16)10-6-9(11(13)14)5-7(2)8(10)3/h5-6,12H,4H2,1-3H3,(H,13,14). The molecule has 0 bridgehead atoms. The molecule has 0 atom stereocenters. The zero-order valence-corrected chi connectivity index (χ0v) is 10.8. The number of hydrogen-bond acceptors (Lipinski definition) is 3. The van der Waals surface area contributed by atoms with E-state index in [4.69, 9.17) is 5.11 Å². The van der Waals surface area contributed by atoms with Gasteiger partial charge < -0.3 is 5.11 Å². The van der Waals surface area contributed by atoms with Crippen molar-refractivity contribution in [1.29, 1.82) is 0 Å². The maximum Gasteiger partial charge on any atom is 0.335 e. The minimum absolute atomic E-state index is 0.0235. The van der Waals surface area contributed by atoms with Crippen LogP contribution in [-0.4, -0.2) is 26.0 Å². The van der Waals surface area contributed by atoms with Crippen LogP contribution in [0.15, 0.2) is 17.0 Å². The summed E-state index contributed by atoms with van der Waals surface area (Å²) in [4.78, 5) is 10.9. The van der Waals surface area contributed by atoms with Crippen LogP contribution < -0.4 is 4.72 Å². The van der Waals surface area contributed by atoms with Crippen molar-refractivity contribution in [3.8, 4) is 0 Å². The van der Waals surface area contributed by atoms with E-state index in [9.17, 15) is 13.2 Å². The first kappa shape index (κ1) is 13.7. The first-order valence-corrected chi connectivity index (χ1v) is 6.62. The maximum absolute atomic E-state index is 11.9. The van der Waals surface area contributed by atoms with Gasteiger partial charge in [0.2, 0.25) is 10.0 Å². The number of benzene rings is 1. The first-order valence-electron chi connectivity index (χ1n) is 5.13. The molecule has 0 saturated heterocycles. The molecule has 1 aromatic rings. The Labute approximate surface area is 101 Å². The average Bonchev–Trinajstić information content (AvgIpc) is 2.21. The van der Waals surface area contributed by atoms with Gasteiger partial charge in [-0.2, -0.15) is 0 Å². The van der Waals surface area contributed by atoms with Crippen molar-refractivity contribution < 1.29 is 18.3 Å². The van der Waals surface area contributed by atoms with E-state index >= 15 is 0 Å². The number of rotatable bonds is 4. The molecule has 0 aliphatic carbocycles. The van der Waals surface area contributed by atoms with E-state index in [1.165, 1.54) is 12.1 Å². The third-order valence-electron chi connectivity index (χ3n) is 2.49. The van der Waals surface area contributed by atoms with Gasteiger partial charge in [0.25, 0.3) is 0 Å². The molecule has 0 spiro atoms.